The molecule has 1 aromatic heterocycles. The van der Waals surface area contributed by atoms with E-state index in [0.717, 1.165) is 5.69 Å². The first-order valence-electron chi connectivity index (χ1n) is 5.16. The standard InChI is InChI=1S/C12H11FN2O3/c1-15(2)10-4-3-7(13)5-8(10)9-6-11(12(16)17)18-14-9/h3-6H,1-2H3,(H,16,17). The fourth-order valence-electron chi connectivity index (χ4n) is 1.61. The first-order valence-corrected chi connectivity index (χ1v) is 5.16. The van der Waals surface area contributed by atoms with E-state index in [1.807, 2.05) is 0 Å². The molecule has 0 atom stereocenters. The second kappa shape index (κ2) is 4.48. The number of rotatable bonds is 3. The van der Waals surface area contributed by atoms with Crippen LogP contribution in [-0.4, -0.2) is 30.3 Å². The van der Waals surface area contributed by atoms with Crippen LogP contribution in [0.4, 0.5) is 10.1 Å². The van der Waals surface area contributed by atoms with Gasteiger partial charge in [0, 0.05) is 31.4 Å². The van der Waals surface area contributed by atoms with Crippen LogP contribution in [0.1, 0.15) is 10.6 Å². The van der Waals surface area contributed by atoms with Crippen LogP contribution in [0, 0.1) is 5.82 Å². The van der Waals surface area contributed by atoms with Gasteiger partial charge in [-0.05, 0) is 18.2 Å². The summed E-state index contributed by atoms with van der Waals surface area (Å²) in [5.41, 5.74) is 1.49. The molecule has 0 saturated heterocycles. The van der Waals surface area contributed by atoms with Gasteiger partial charge in [-0.2, -0.15) is 0 Å². The Balaban J connectivity index is 2.54. The summed E-state index contributed by atoms with van der Waals surface area (Å²) in [6.07, 6.45) is 0. The molecule has 0 spiro atoms. The highest BCUT2D eigenvalue weighted by molar-refractivity contribution is 5.87. The molecule has 6 heteroatoms. The molecule has 5 nitrogen and oxygen atoms in total. The van der Waals surface area contributed by atoms with Crippen LogP contribution >= 0.6 is 0 Å². The van der Waals surface area contributed by atoms with E-state index in [0.29, 0.717) is 5.56 Å². The number of hydrogen-bond acceptors (Lipinski definition) is 4. The van der Waals surface area contributed by atoms with Crippen LogP contribution in [0.3, 0.4) is 0 Å². The maximum absolute atomic E-state index is 13.3. The number of hydrogen-bond donors (Lipinski definition) is 1. The van der Waals surface area contributed by atoms with Gasteiger partial charge < -0.3 is 14.5 Å². The van der Waals surface area contributed by atoms with Crippen molar-refractivity contribution in [2.45, 2.75) is 0 Å². The zero-order valence-corrected chi connectivity index (χ0v) is 9.85. The van der Waals surface area contributed by atoms with Gasteiger partial charge in [0.05, 0.1) is 0 Å². The van der Waals surface area contributed by atoms with Crippen molar-refractivity contribution in [3.63, 3.8) is 0 Å². The fourth-order valence-corrected chi connectivity index (χ4v) is 1.61. The van der Waals surface area contributed by atoms with Gasteiger partial charge in [0.1, 0.15) is 11.5 Å². The van der Waals surface area contributed by atoms with E-state index in [9.17, 15) is 9.18 Å². The van der Waals surface area contributed by atoms with Gasteiger partial charge in [-0.15, -0.1) is 0 Å². The van der Waals surface area contributed by atoms with Gasteiger partial charge in [-0.1, -0.05) is 5.16 Å². The molecule has 1 N–H and O–H groups in total. The van der Waals surface area contributed by atoms with Gasteiger partial charge >= 0.3 is 5.97 Å². The molecule has 0 amide bonds. The topological polar surface area (TPSA) is 66.6 Å². The van der Waals surface area contributed by atoms with Crippen LogP contribution in [0.25, 0.3) is 11.3 Å². The molecular weight excluding hydrogens is 239 g/mol. The van der Waals surface area contributed by atoms with Crippen molar-refractivity contribution in [1.29, 1.82) is 0 Å². The second-order valence-corrected chi connectivity index (χ2v) is 3.94. The van der Waals surface area contributed by atoms with E-state index in [4.69, 9.17) is 5.11 Å². The smallest absolute Gasteiger partial charge is 0.374 e. The molecule has 0 aliphatic carbocycles. The summed E-state index contributed by atoms with van der Waals surface area (Å²) in [5.74, 6) is -1.91. The number of carboxylic acids is 1. The zero-order valence-electron chi connectivity index (χ0n) is 9.85. The second-order valence-electron chi connectivity index (χ2n) is 3.94. The number of anilines is 1. The Kier molecular flexibility index (Phi) is 3.01. The van der Waals surface area contributed by atoms with E-state index < -0.39 is 11.8 Å². The molecule has 0 aliphatic heterocycles. The summed E-state index contributed by atoms with van der Waals surface area (Å²) in [5, 5.41) is 12.4. The van der Waals surface area contributed by atoms with Crippen molar-refractivity contribution in [2.24, 2.45) is 0 Å². The molecule has 0 fully saturated rings. The minimum Gasteiger partial charge on any atom is -0.475 e. The van der Waals surface area contributed by atoms with Gasteiger partial charge in [0.2, 0.25) is 5.76 Å². The Morgan fingerprint density at radius 3 is 2.67 bits per heavy atom. The van der Waals surface area contributed by atoms with Gasteiger partial charge in [-0.3, -0.25) is 0 Å². The average molecular weight is 250 g/mol. The van der Waals surface area contributed by atoms with Gasteiger partial charge in [0.15, 0.2) is 0 Å². The first kappa shape index (κ1) is 12.1. The van der Waals surface area contributed by atoms with E-state index in [1.165, 1.54) is 18.2 Å². The summed E-state index contributed by atoms with van der Waals surface area (Å²) in [6.45, 7) is 0. The summed E-state index contributed by atoms with van der Waals surface area (Å²) in [7, 11) is 3.60. The van der Waals surface area contributed by atoms with E-state index >= 15 is 0 Å². The maximum atomic E-state index is 13.3. The van der Waals surface area contributed by atoms with Crippen molar-refractivity contribution in [1.82, 2.24) is 5.16 Å². The normalized spacial score (nSPS) is 10.4. The van der Waals surface area contributed by atoms with Crippen LogP contribution in [0.15, 0.2) is 28.8 Å². The Bertz CT molecular complexity index is 593. The minimum atomic E-state index is -1.21. The molecule has 0 bridgehead atoms. The van der Waals surface area contributed by atoms with Crippen molar-refractivity contribution in [3.05, 3.63) is 35.8 Å². The molecule has 2 aromatic rings. The minimum absolute atomic E-state index is 0.279. The van der Waals surface area contributed by atoms with Crippen molar-refractivity contribution < 1.29 is 18.8 Å². The Morgan fingerprint density at radius 2 is 2.11 bits per heavy atom. The molecule has 0 saturated carbocycles. The number of carboxylic acid groups (broad SMARTS) is 1. The van der Waals surface area contributed by atoms with Crippen molar-refractivity contribution in [2.75, 3.05) is 19.0 Å². The van der Waals surface area contributed by atoms with Gasteiger partial charge in [0.25, 0.3) is 0 Å². The predicted molar refractivity (Wildman–Crippen MR) is 63.2 cm³/mol. The van der Waals surface area contributed by atoms with Crippen LogP contribution in [0.2, 0.25) is 0 Å². The number of benzene rings is 1. The third-order valence-corrected chi connectivity index (χ3v) is 2.44. The lowest BCUT2D eigenvalue weighted by molar-refractivity contribution is 0.0652. The Morgan fingerprint density at radius 1 is 1.39 bits per heavy atom. The number of aromatic nitrogens is 1. The molecule has 0 unspecified atom stereocenters. The summed E-state index contributed by atoms with van der Waals surface area (Å²) < 4.78 is 17.9. The van der Waals surface area contributed by atoms with Gasteiger partial charge in [-0.25, -0.2) is 9.18 Å². The van der Waals surface area contributed by atoms with Crippen molar-refractivity contribution in [3.8, 4) is 11.3 Å². The number of carbonyl (C=O) groups is 1. The highest BCUT2D eigenvalue weighted by Gasteiger charge is 2.16. The van der Waals surface area contributed by atoms with Crippen LogP contribution in [-0.2, 0) is 0 Å². The van der Waals surface area contributed by atoms with E-state index in [-0.39, 0.29) is 11.5 Å². The Hall–Kier alpha value is -2.37. The highest BCUT2D eigenvalue weighted by atomic mass is 19.1. The molecule has 1 aromatic carbocycles. The molecule has 94 valence electrons. The number of nitrogens with zero attached hydrogens (tertiary/aromatic N) is 2. The average Bonchev–Trinajstić information content (AvgIpc) is 2.77. The van der Waals surface area contributed by atoms with E-state index in [1.54, 1.807) is 25.1 Å². The molecule has 18 heavy (non-hydrogen) atoms. The van der Waals surface area contributed by atoms with Crippen LogP contribution < -0.4 is 4.90 Å². The third-order valence-electron chi connectivity index (χ3n) is 2.44. The lowest BCUT2D eigenvalue weighted by Gasteiger charge is -2.15. The van der Waals surface area contributed by atoms with E-state index in [2.05, 4.69) is 9.68 Å². The zero-order chi connectivity index (χ0) is 13.3. The fraction of sp³-hybridized carbons (Fsp3) is 0.167. The SMILES string of the molecule is CN(C)c1ccc(F)cc1-c1cc(C(=O)O)on1. The molecule has 2 rings (SSSR count). The highest BCUT2D eigenvalue weighted by Crippen LogP contribution is 2.30. The summed E-state index contributed by atoms with van der Waals surface area (Å²) in [4.78, 5) is 12.5. The lowest BCUT2D eigenvalue weighted by Crippen LogP contribution is -2.10. The Labute approximate surface area is 102 Å². The summed E-state index contributed by atoms with van der Waals surface area (Å²) in [6, 6.07) is 5.49. The first-order chi connectivity index (χ1) is 8.49. The number of aromatic carboxylic acids is 1. The van der Waals surface area contributed by atoms with Crippen molar-refractivity contribution >= 4 is 11.7 Å². The molecular formula is C12H11FN2O3. The molecule has 0 radical (unpaired) electrons. The summed E-state index contributed by atoms with van der Waals surface area (Å²) >= 11 is 0. The third kappa shape index (κ3) is 2.17. The monoisotopic (exact) mass is 250 g/mol. The maximum Gasteiger partial charge on any atom is 0.374 e. The molecule has 1 heterocycles. The predicted octanol–water partition coefficient (Wildman–Crippen LogP) is 2.24. The largest absolute Gasteiger partial charge is 0.475 e. The number of halogens is 1. The quantitative estimate of drug-likeness (QED) is 0.904. The van der Waals surface area contributed by atoms with Crippen LogP contribution in [0.5, 0.6) is 0 Å². The lowest BCUT2D eigenvalue weighted by atomic mass is 10.1. The molecule has 0 aliphatic rings.